The summed E-state index contributed by atoms with van der Waals surface area (Å²) in [7, 11) is 0. The third kappa shape index (κ3) is 4.46. The zero-order chi connectivity index (χ0) is 12.5. The summed E-state index contributed by atoms with van der Waals surface area (Å²) in [6.45, 7) is 5.66. The summed E-state index contributed by atoms with van der Waals surface area (Å²) < 4.78 is 19.0. The third-order valence-corrected chi connectivity index (χ3v) is 2.26. The number of hydrogen-bond acceptors (Lipinski definition) is 2. The van der Waals surface area contributed by atoms with Crippen molar-refractivity contribution < 1.29 is 9.13 Å². The number of nitrogens with one attached hydrogen (secondary N) is 1. The third-order valence-electron chi connectivity index (χ3n) is 2.26. The summed E-state index contributed by atoms with van der Waals surface area (Å²) in [6.07, 6.45) is 0.617. The lowest BCUT2D eigenvalue weighted by Gasteiger charge is -2.11. The van der Waals surface area contributed by atoms with Gasteiger partial charge in [0.05, 0.1) is 6.61 Å². The van der Waals surface area contributed by atoms with Crippen molar-refractivity contribution in [1.82, 2.24) is 5.32 Å². The van der Waals surface area contributed by atoms with E-state index < -0.39 is 0 Å². The van der Waals surface area contributed by atoms with Gasteiger partial charge in [-0.25, -0.2) is 4.39 Å². The van der Waals surface area contributed by atoms with E-state index in [-0.39, 0.29) is 5.82 Å². The van der Waals surface area contributed by atoms with Gasteiger partial charge < -0.3 is 10.1 Å². The van der Waals surface area contributed by atoms with Crippen molar-refractivity contribution in [2.45, 2.75) is 26.8 Å². The van der Waals surface area contributed by atoms with Gasteiger partial charge in [-0.2, -0.15) is 0 Å². The first-order valence-electron chi connectivity index (χ1n) is 5.80. The van der Waals surface area contributed by atoms with Gasteiger partial charge in [0.1, 0.15) is 0 Å². The van der Waals surface area contributed by atoms with Crippen LogP contribution < -0.4 is 10.1 Å². The SMILES string of the molecule is CC#CCCOc1c(F)cccc1CNCC. The van der Waals surface area contributed by atoms with Crippen LogP contribution in [0.5, 0.6) is 5.75 Å². The Morgan fingerprint density at radius 1 is 1.41 bits per heavy atom. The average Bonchev–Trinajstić information content (AvgIpc) is 2.34. The molecule has 0 aliphatic rings. The van der Waals surface area contributed by atoms with Crippen LogP contribution in [0.2, 0.25) is 0 Å². The molecule has 2 nitrogen and oxygen atoms in total. The number of halogens is 1. The van der Waals surface area contributed by atoms with Crippen LogP contribution in [-0.2, 0) is 6.54 Å². The van der Waals surface area contributed by atoms with Gasteiger partial charge in [0.2, 0.25) is 0 Å². The number of hydrogen-bond donors (Lipinski definition) is 1. The molecule has 17 heavy (non-hydrogen) atoms. The van der Waals surface area contributed by atoms with Gasteiger partial charge in [-0.3, -0.25) is 0 Å². The zero-order valence-electron chi connectivity index (χ0n) is 10.3. The van der Waals surface area contributed by atoms with Crippen molar-refractivity contribution in [2.24, 2.45) is 0 Å². The Morgan fingerprint density at radius 3 is 2.94 bits per heavy atom. The lowest BCUT2D eigenvalue weighted by molar-refractivity contribution is 0.305. The summed E-state index contributed by atoms with van der Waals surface area (Å²) in [5.41, 5.74) is 0.844. The minimum Gasteiger partial charge on any atom is -0.489 e. The lowest BCUT2D eigenvalue weighted by Crippen LogP contribution is -2.13. The first-order valence-corrected chi connectivity index (χ1v) is 5.80. The molecule has 1 rings (SSSR count). The molecule has 0 aromatic heterocycles. The molecule has 92 valence electrons. The Kier molecular flexibility index (Phi) is 6.13. The monoisotopic (exact) mass is 235 g/mol. The minimum atomic E-state index is -0.315. The molecule has 0 atom stereocenters. The van der Waals surface area contributed by atoms with E-state index in [2.05, 4.69) is 17.2 Å². The lowest BCUT2D eigenvalue weighted by atomic mass is 10.2. The van der Waals surface area contributed by atoms with E-state index in [0.29, 0.717) is 25.3 Å². The summed E-state index contributed by atoms with van der Waals surface area (Å²) in [6, 6.07) is 4.98. The molecule has 1 aromatic rings. The zero-order valence-corrected chi connectivity index (χ0v) is 10.3. The van der Waals surface area contributed by atoms with Crippen molar-refractivity contribution in [1.29, 1.82) is 0 Å². The maximum atomic E-state index is 13.6. The van der Waals surface area contributed by atoms with Gasteiger partial charge in [0, 0.05) is 18.5 Å². The molecular weight excluding hydrogens is 217 g/mol. The van der Waals surface area contributed by atoms with E-state index in [1.807, 2.05) is 13.0 Å². The fraction of sp³-hybridized carbons (Fsp3) is 0.429. The van der Waals surface area contributed by atoms with Crippen molar-refractivity contribution in [3.05, 3.63) is 29.6 Å². The van der Waals surface area contributed by atoms with E-state index in [1.165, 1.54) is 6.07 Å². The summed E-state index contributed by atoms with van der Waals surface area (Å²) in [5, 5.41) is 3.16. The van der Waals surface area contributed by atoms with E-state index in [1.54, 1.807) is 13.0 Å². The van der Waals surface area contributed by atoms with Gasteiger partial charge in [-0.1, -0.05) is 19.1 Å². The normalized spacial score (nSPS) is 9.59. The number of ether oxygens (including phenoxy) is 1. The molecule has 0 radical (unpaired) electrons. The average molecular weight is 235 g/mol. The fourth-order valence-electron chi connectivity index (χ4n) is 1.44. The van der Waals surface area contributed by atoms with E-state index >= 15 is 0 Å². The number of para-hydroxylation sites is 1. The molecule has 0 saturated heterocycles. The Hall–Kier alpha value is -1.53. The van der Waals surface area contributed by atoms with Gasteiger partial charge in [0.15, 0.2) is 11.6 Å². The van der Waals surface area contributed by atoms with Crippen LogP contribution in [0.15, 0.2) is 18.2 Å². The van der Waals surface area contributed by atoms with Crippen LogP contribution in [0.1, 0.15) is 25.8 Å². The van der Waals surface area contributed by atoms with Gasteiger partial charge in [-0.05, 0) is 19.5 Å². The summed E-state index contributed by atoms with van der Waals surface area (Å²) >= 11 is 0. The first kappa shape index (κ1) is 13.5. The topological polar surface area (TPSA) is 21.3 Å². The molecule has 0 bridgehead atoms. The molecule has 3 heteroatoms. The van der Waals surface area contributed by atoms with Crippen molar-refractivity contribution >= 4 is 0 Å². The molecule has 0 saturated carbocycles. The van der Waals surface area contributed by atoms with Crippen LogP contribution in [-0.4, -0.2) is 13.2 Å². The molecule has 0 unspecified atom stereocenters. The van der Waals surface area contributed by atoms with Crippen LogP contribution >= 0.6 is 0 Å². The molecule has 0 spiro atoms. The van der Waals surface area contributed by atoms with E-state index in [4.69, 9.17) is 4.74 Å². The largest absolute Gasteiger partial charge is 0.489 e. The highest BCUT2D eigenvalue weighted by Crippen LogP contribution is 2.22. The van der Waals surface area contributed by atoms with Crippen molar-refractivity contribution in [2.75, 3.05) is 13.2 Å². The van der Waals surface area contributed by atoms with Crippen LogP contribution in [0.3, 0.4) is 0 Å². The Morgan fingerprint density at radius 2 is 2.24 bits per heavy atom. The minimum absolute atomic E-state index is 0.315. The summed E-state index contributed by atoms with van der Waals surface area (Å²) in [4.78, 5) is 0. The quantitative estimate of drug-likeness (QED) is 0.604. The van der Waals surface area contributed by atoms with Gasteiger partial charge in [0.25, 0.3) is 0 Å². The molecule has 0 fully saturated rings. The standard InChI is InChI=1S/C14H18FNO/c1-3-5-6-10-17-14-12(11-16-4-2)8-7-9-13(14)15/h7-9,16H,4,6,10-11H2,1-2H3. The second kappa shape index (κ2) is 7.70. The van der Waals surface area contributed by atoms with Crippen molar-refractivity contribution in [3.63, 3.8) is 0 Å². The van der Waals surface area contributed by atoms with Crippen molar-refractivity contribution in [3.8, 4) is 17.6 Å². The molecule has 1 N–H and O–H groups in total. The van der Waals surface area contributed by atoms with E-state index in [0.717, 1.165) is 12.1 Å². The van der Waals surface area contributed by atoms with Crippen LogP contribution in [0.4, 0.5) is 4.39 Å². The Labute approximate surface area is 102 Å². The smallest absolute Gasteiger partial charge is 0.165 e. The maximum absolute atomic E-state index is 13.6. The molecule has 0 aliphatic heterocycles. The first-order chi connectivity index (χ1) is 8.29. The van der Waals surface area contributed by atoms with Gasteiger partial charge in [-0.15, -0.1) is 11.8 Å². The molecule has 0 aliphatic carbocycles. The highest BCUT2D eigenvalue weighted by atomic mass is 19.1. The predicted octanol–water partition coefficient (Wildman–Crippen LogP) is 2.73. The predicted molar refractivity (Wildman–Crippen MR) is 67.3 cm³/mol. The van der Waals surface area contributed by atoms with Crippen LogP contribution in [0, 0.1) is 17.7 Å². The van der Waals surface area contributed by atoms with Gasteiger partial charge >= 0.3 is 0 Å². The molecule has 0 amide bonds. The summed E-state index contributed by atoms with van der Waals surface area (Å²) in [5.74, 6) is 5.69. The second-order valence-electron chi connectivity index (χ2n) is 3.53. The van der Waals surface area contributed by atoms with Crippen LogP contribution in [0.25, 0.3) is 0 Å². The van der Waals surface area contributed by atoms with E-state index in [9.17, 15) is 4.39 Å². The highest BCUT2D eigenvalue weighted by molar-refractivity contribution is 5.34. The number of benzene rings is 1. The number of rotatable bonds is 6. The highest BCUT2D eigenvalue weighted by Gasteiger charge is 2.08. The maximum Gasteiger partial charge on any atom is 0.165 e. The fourth-order valence-corrected chi connectivity index (χ4v) is 1.44. The Bertz CT molecular complexity index is 406. The molecule has 1 aromatic carbocycles. The Balaban J connectivity index is 2.68. The molecule has 0 heterocycles. The molecular formula is C14H18FNO. The second-order valence-corrected chi connectivity index (χ2v) is 3.53.